The van der Waals surface area contributed by atoms with Gasteiger partial charge < -0.3 is 10.6 Å². The second-order valence-corrected chi connectivity index (χ2v) is 5.97. The van der Waals surface area contributed by atoms with Crippen molar-refractivity contribution in [3.05, 3.63) is 23.2 Å². The molecule has 2 rings (SSSR count). The van der Waals surface area contributed by atoms with Crippen LogP contribution < -0.4 is 10.6 Å². The largest absolute Gasteiger partial charge is 0.382 e. The maximum atomic E-state index is 11.1. The Morgan fingerprint density at radius 2 is 1.80 bits per heavy atom. The minimum atomic E-state index is -0.104. The molecule has 110 valence electrons. The second kappa shape index (κ2) is 7.53. The summed E-state index contributed by atoms with van der Waals surface area (Å²) in [6, 6.07) is 6.27. The Morgan fingerprint density at radius 1 is 1.15 bits per heavy atom. The van der Waals surface area contributed by atoms with Gasteiger partial charge in [0.05, 0.1) is 10.7 Å². The van der Waals surface area contributed by atoms with E-state index in [1.807, 2.05) is 18.2 Å². The summed E-state index contributed by atoms with van der Waals surface area (Å²) in [5, 5.41) is 6.88. The van der Waals surface area contributed by atoms with Gasteiger partial charge in [0.1, 0.15) is 0 Å². The summed E-state index contributed by atoms with van der Waals surface area (Å²) < 4.78 is 0. The van der Waals surface area contributed by atoms with Gasteiger partial charge in [-0.15, -0.1) is 0 Å². The van der Waals surface area contributed by atoms with Gasteiger partial charge in [0.15, 0.2) is 0 Å². The van der Waals surface area contributed by atoms with Gasteiger partial charge in [-0.05, 0) is 31.0 Å². The zero-order valence-corrected chi connectivity index (χ0v) is 12.8. The summed E-state index contributed by atoms with van der Waals surface area (Å²) in [6.45, 7) is 1.48. The van der Waals surface area contributed by atoms with Crippen LogP contribution in [-0.4, -0.2) is 11.9 Å². The third-order valence-corrected chi connectivity index (χ3v) is 4.07. The van der Waals surface area contributed by atoms with Crippen LogP contribution in [0.3, 0.4) is 0 Å². The monoisotopic (exact) mass is 294 g/mol. The van der Waals surface area contributed by atoms with Gasteiger partial charge in [0.25, 0.3) is 0 Å². The molecule has 0 bridgehead atoms. The van der Waals surface area contributed by atoms with Crippen LogP contribution in [0.1, 0.15) is 51.9 Å². The minimum Gasteiger partial charge on any atom is -0.382 e. The van der Waals surface area contributed by atoms with Crippen molar-refractivity contribution in [3.8, 4) is 0 Å². The van der Waals surface area contributed by atoms with Gasteiger partial charge >= 0.3 is 0 Å². The molecule has 1 aliphatic rings. The molecule has 2 N–H and O–H groups in total. The Hall–Kier alpha value is -1.22. The van der Waals surface area contributed by atoms with Crippen molar-refractivity contribution in [1.29, 1.82) is 0 Å². The highest BCUT2D eigenvalue weighted by molar-refractivity contribution is 6.34. The molecule has 1 aromatic rings. The average molecular weight is 295 g/mol. The molecular weight excluding hydrogens is 272 g/mol. The number of carbonyl (C=O) groups excluding carboxylic acids is 1. The molecule has 0 unspecified atom stereocenters. The summed E-state index contributed by atoms with van der Waals surface area (Å²) in [6.07, 6.45) is 9.13. The van der Waals surface area contributed by atoms with Gasteiger partial charge in [-0.1, -0.05) is 43.7 Å². The van der Waals surface area contributed by atoms with Gasteiger partial charge in [0.2, 0.25) is 5.91 Å². The number of anilines is 2. The lowest BCUT2D eigenvalue weighted by Gasteiger charge is -2.22. The molecule has 1 amide bonds. The first-order chi connectivity index (χ1) is 9.65. The zero-order valence-electron chi connectivity index (χ0n) is 12.0. The number of benzene rings is 1. The van der Waals surface area contributed by atoms with E-state index in [0.29, 0.717) is 16.8 Å². The van der Waals surface area contributed by atoms with Crippen molar-refractivity contribution in [1.82, 2.24) is 0 Å². The molecule has 0 saturated heterocycles. The molecule has 0 atom stereocenters. The molecule has 1 aromatic carbocycles. The van der Waals surface area contributed by atoms with E-state index in [0.717, 1.165) is 5.69 Å². The Labute approximate surface area is 126 Å². The highest BCUT2D eigenvalue weighted by Gasteiger charge is 2.12. The van der Waals surface area contributed by atoms with E-state index in [9.17, 15) is 4.79 Å². The summed E-state index contributed by atoms with van der Waals surface area (Å²) in [5.41, 5.74) is 1.71. The molecule has 0 aliphatic heterocycles. The first-order valence-corrected chi connectivity index (χ1v) is 7.86. The van der Waals surface area contributed by atoms with Crippen LogP contribution in [0.4, 0.5) is 11.4 Å². The van der Waals surface area contributed by atoms with E-state index in [-0.39, 0.29) is 5.91 Å². The molecule has 20 heavy (non-hydrogen) atoms. The summed E-state index contributed by atoms with van der Waals surface area (Å²) in [7, 11) is 0. The minimum absolute atomic E-state index is 0.104. The van der Waals surface area contributed by atoms with Crippen molar-refractivity contribution < 1.29 is 4.79 Å². The highest BCUT2D eigenvalue weighted by atomic mass is 35.5. The van der Waals surface area contributed by atoms with Gasteiger partial charge in [-0.3, -0.25) is 4.79 Å². The van der Waals surface area contributed by atoms with Gasteiger partial charge in [-0.25, -0.2) is 0 Å². The van der Waals surface area contributed by atoms with Crippen LogP contribution in [0.5, 0.6) is 0 Å². The third-order valence-electron chi connectivity index (χ3n) is 3.76. The quantitative estimate of drug-likeness (QED) is 0.839. The molecule has 0 aromatic heterocycles. The number of halogens is 1. The normalized spacial score (nSPS) is 17.1. The number of carbonyl (C=O) groups is 1. The third kappa shape index (κ3) is 4.71. The maximum absolute atomic E-state index is 11.1. The molecule has 1 fully saturated rings. The lowest BCUT2D eigenvalue weighted by molar-refractivity contribution is -0.114. The molecule has 0 heterocycles. The number of amides is 1. The van der Waals surface area contributed by atoms with E-state index in [1.165, 1.54) is 51.9 Å². The van der Waals surface area contributed by atoms with Crippen molar-refractivity contribution in [2.45, 2.75) is 57.9 Å². The molecule has 1 saturated carbocycles. The van der Waals surface area contributed by atoms with Gasteiger partial charge in [0, 0.05) is 18.7 Å². The second-order valence-electron chi connectivity index (χ2n) is 5.56. The Kier molecular flexibility index (Phi) is 5.72. The van der Waals surface area contributed by atoms with Crippen molar-refractivity contribution >= 4 is 28.9 Å². The fraction of sp³-hybridized carbons (Fsp3) is 0.562. The lowest BCUT2D eigenvalue weighted by Crippen LogP contribution is -2.20. The van der Waals surface area contributed by atoms with Gasteiger partial charge in [-0.2, -0.15) is 0 Å². The molecule has 1 aliphatic carbocycles. The van der Waals surface area contributed by atoms with Crippen LogP contribution in [0, 0.1) is 0 Å². The van der Waals surface area contributed by atoms with Crippen LogP contribution >= 0.6 is 11.6 Å². The molecule has 4 heteroatoms. The molecule has 0 spiro atoms. The highest BCUT2D eigenvalue weighted by Crippen LogP contribution is 2.27. The number of rotatable bonds is 3. The van der Waals surface area contributed by atoms with Crippen LogP contribution in [0.2, 0.25) is 5.02 Å². The number of hydrogen-bond donors (Lipinski definition) is 2. The predicted molar refractivity (Wildman–Crippen MR) is 85.5 cm³/mol. The summed E-state index contributed by atoms with van der Waals surface area (Å²) in [4.78, 5) is 11.1. The first-order valence-electron chi connectivity index (χ1n) is 7.49. The van der Waals surface area contributed by atoms with Crippen LogP contribution in [0.15, 0.2) is 18.2 Å². The molecular formula is C16H23ClN2O. The lowest BCUT2D eigenvalue weighted by atomic mass is 9.96. The van der Waals surface area contributed by atoms with E-state index >= 15 is 0 Å². The Bertz CT molecular complexity index is 454. The van der Waals surface area contributed by atoms with E-state index in [4.69, 9.17) is 11.6 Å². The zero-order chi connectivity index (χ0) is 14.4. The number of hydrogen-bond acceptors (Lipinski definition) is 2. The predicted octanol–water partition coefficient (Wildman–Crippen LogP) is 4.82. The van der Waals surface area contributed by atoms with Crippen molar-refractivity contribution in [2.24, 2.45) is 0 Å². The van der Waals surface area contributed by atoms with Crippen LogP contribution in [-0.2, 0) is 4.79 Å². The molecule has 3 nitrogen and oxygen atoms in total. The topological polar surface area (TPSA) is 41.1 Å². The Balaban J connectivity index is 1.98. The SMILES string of the molecule is CC(=O)Nc1ccc(NC2CCCCCCC2)cc1Cl. The van der Waals surface area contributed by atoms with Crippen molar-refractivity contribution in [2.75, 3.05) is 10.6 Å². The molecule has 0 radical (unpaired) electrons. The maximum Gasteiger partial charge on any atom is 0.221 e. The van der Waals surface area contributed by atoms with E-state index in [2.05, 4.69) is 10.6 Å². The smallest absolute Gasteiger partial charge is 0.221 e. The number of nitrogens with one attached hydrogen (secondary N) is 2. The first kappa shape index (κ1) is 15.2. The Morgan fingerprint density at radius 3 is 2.40 bits per heavy atom. The average Bonchev–Trinajstić information content (AvgIpc) is 2.35. The summed E-state index contributed by atoms with van der Waals surface area (Å²) >= 11 is 6.19. The van der Waals surface area contributed by atoms with E-state index < -0.39 is 0 Å². The fourth-order valence-corrected chi connectivity index (χ4v) is 2.96. The van der Waals surface area contributed by atoms with E-state index in [1.54, 1.807) is 0 Å². The summed E-state index contributed by atoms with van der Waals surface area (Å²) in [5.74, 6) is -0.104. The van der Waals surface area contributed by atoms with Crippen LogP contribution in [0.25, 0.3) is 0 Å². The van der Waals surface area contributed by atoms with Crippen molar-refractivity contribution in [3.63, 3.8) is 0 Å². The fourth-order valence-electron chi connectivity index (χ4n) is 2.73. The standard InChI is InChI=1S/C16H23ClN2O/c1-12(20)18-16-10-9-14(11-15(16)17)19-13-7-5-3-2-4-6-8-13/h9-11,13,19H,2-8H2,1H3,(H,18,20).